The van der Waals surface area contributed by atoms with Gasteiger partial charge in [-0.25, -0.2) is 0 Å². The van der Waals surface area contributed by atoms with E-state index in [1.807, 2.05) is 12.1 Å². The standard InChI is InChI=1S/C15H25NO2/c1-12(7-8-13-5-4-10-18-13)16-14-6-3-9-15(14,2)11-17/h4-5,10,12,14,16-17H,3,6-9,11H2,1-2H3. The van der Waals surface area contributed by atoms with Crippen molar-refractivity contribution in [1.29, 1.82) is 0 Å². The average Bonchev–Trinajstić information content (AvgIpc) is 2.98. The molecule has 1 fully saturated rings. The number of nitrogens with one attached hydrogen (secondary N) is 1. The molecule has 3 heteroatoms. The second-order valence-electron chi connectivity index (χ2n) is 5.94. The molecule has 3 nitrogen and oxygen atoms in total. The molecule has 1 aliphatic carbocycles. The fourth-order valence-corrected chi connectivity index (χ4v) is 2.95. The minimum absolute atomic E-state index is 0.0684. The number of aryl methyl sites for hydroxylation is 1. The number of aliphatic hydroxyl groups is 1. The summed E-state index contributed by atoms with van der Waals surface area (Å²) in [5, 5.41) is 13.2. The summed E-state index contributed by atoms with van der Waals surface area (Å²) in [6.07, 6.45) is 7.32. The highest BCUT2D eigenvalue weighted by molar-refractivity contribution is 4.99. The first-order chi connectivity index (χ1) is 8.64. The van der Waals surface area contributed by atoms with Crippen LogP contribution in [0.3, 0.4) is 0 Å². The minimum Gasteiger partial charge on any atom is -0.469 e. The molecule has 0 radical (unpaired) electrons. The fraction of sp³-hybridized carbons (Fsp3) is 0.733. The van der Waals surface area contributed by atoms with Crippen LogP contribution in [0.4, 0.5) is 0 Å². The summed E-state index contributed by atoms with van der Waals surface area (Å²) in [6.45, 7) is 4.70. The molecule has 102 valence electrons. The second-order valence-corrected chi connectivity index (χ2v) is 5.94. The van der Waals surface area contributed by atoms with Gasteiger partial charge >= 0.3 is 0 Å². The summed E-state index contributed by atoms with van der Waals surface area (Å²) in [4.78, 5) is 0. The SMILES string of the molecule is CC(CCc1ccco1)NC1CCCC1(C)CO. The molecule has 0 bridgehead atoms. The highest BCUT2D eigenvalue weighted by Crippen LogP contribution is 2.37. The number of aliphatic hydroxyl groups excluding tert-OH is 1. The fourth-order valence-electron chi connectivity index (χ4n) is 2.95. The third-order valence-corrected chi connectivity index (χ3v) is 4.33. The van der Waals surface area contributed by atoms with E-state index in [2.05, 4.69) is 19.2 Å². The number of hydrogen-bond donors (Lipinski definition) is 2. The van der Waals surface area contributed by atoms with Crippen molar-refractivity contribution in [3.8, 4) is 0 Å². The Balaban J connectivity index is 1.78. The van der Waals surface area contributed by atoms with Gasteiger partial charge in [0.15, 0.2) is 0 Å². The maximum Gasteiger partial charge on any atom is 0.103 e. The van der Waals surface area contributed by atoms with Crippen LogP contribution in [0.5, 0.6) is 0 Å². The maximum atomic E-state index is 9.53. The Morgan fingerprint density at radius 2 is 2.44 bits per heavy atom. The quantitative estimate of drug-likeness (QED) is 0.817. The molecule has 1 heterocycles. The van der Waals surface area contributed by atoms with E-state index in [9.17, 15) is 5.11 Å². The van der Waals surface area contributed by atoms with Crippen molar-refractivity contribution in [3.05, 3.63) is 24.2 Å². The summed E-state index contributed by atoms with van der Waals surface area (Å²) < 4.78 is 5.35. The molecule has 18 heavy (non-hydrogen) atoms. The predicted octanol–water partition coefficient (Wildman–Crippen LogP) is 2.74. The Labute approximate surface area is 110 Å². The summed E-state index contributed by atoms with van der Waals surface area (Å²) in [5.74, 6) is 1.06. The van der Waals surface area contributed by atoms with Gasteiger partial charge in [0.05, 0.1) is 6.26 Å². The van der Waals surface area contributed by atoms with Gasteiger partial charge in [-0.1, -0.05) is 13.3 Å². The molecule has 1 aromatic heterocycles. The highest BCUT2D eigenvalue weighted by Gasteiger charge is 2.38. The van der Waals surface area contributed by atoms with Crippen molar-refractivity contribution in [1.82, 2.24) is 5.32 Å². The van der Waals surface area contributed by atoms with Crippen LogP contribution in [0.15, 0.2) is 22.8 Å². The van der Waals surface area contributed by atoms with E-state index in [-0.39, 0.29) is 12.0 Å². The van der Waals surface area contributed by atoms with Gasteiger partial charge in [0.1, 0.15) is 5.76 Å². The zero-order valence-corrected chi connectivity index (χ0v) is 11.5. The van der Waals surface area contributed by atoms with E-state index in [0.717, 1.165) is 25.0 Å². The largest absolute Gasteiger partial charge is 0.469 e. The molecule has 0 spiro atoms. The molecule has 1 saturated carbocycles. The molecule has 0 saturated heterocycles. The normalized spacial score (nSPS) is 29.6. The molecule has 2 rings (SSSR count). The van der Waals surface area contributed by atoms with Gasteiger partial charge in [0.2, 0.25) is 0 Å². The van der Waals surface area contributed by atoms with Gasteiger partial charge in [-0.2, -0.15) is 0 Å². The van der Waals surface area contributed by atoms with E-state index >= 15 is 0 Å². The molecular formula is C15H25NO2. The summed E-state index contributed by atoms with van der Waals surface area (Å²) >= 11 is 0. The van der Waals surface area contributed by atoms with Crippen molar-refractivity contribution < 1.29 is 9.52 Å². The molecule has 3 atom stereocenters. The van der Waals surface area contributed by atoms with Gasteiger partial charge in [0, 0.05) is 30.5 Å². The first-order valence-corrected chi connectivity index (χ1v) is 7.03. The van der Waals surface area contributed by atoms with Gasteiger partial charge in [-0.15, -0.1) is 0 Å². The number of furan rings is 1. The molecule has 2 N–H and O–H groups in total. The van der Waals surface area contributed by atoms with Crippen LogP contribution in [-0.2, 0) is 6.42 Å². The van der Waals surface area contributed by atoms with Crippen molar-refractivity contribution in [2.75, 3.05) is 6.61 Å². The first kappa shape index (κ1) is 13.6. The monoisotopic (exact) mass is 251 g/mol. The predicted molar refractivity (Wildman–Crippen MR) is 72.5 cm³/mol. The van der Waals surface area contributed by atoms with Crippen molar-refractivity contribution in [3.63, 3.8) is 0 Å². The number of rotatable bonds is 6. The van der Waals surface area contributed by atoms with Crippen LogP contribution < -0.4 is 5.32 Å². The van der Waals surface area contributed by atoms with Crippen molar-refractivity contribution in [2.24, 2.45) is 5.41 Å². The van der Waals surface area contributed by atoms with Crippen molar-refractivity contribution >= 4 is 0 Å². The van der Waals surface area contributed by atoms with Crippen LogP contribution >= 0.6 is 0 Å². The molecule has 0 aliphatic heterocycles. The molecular weight excluding hydrogens is 226 g/mol. The summed E-state index contributed by atoms with van der Waals surface area (Å²) in [7, 11) is 0. The highest BCUT2D eigenvalue weighted by atomic mass is 16.3. The van der Waals surface area contributed by atoms with E-state index in [0.29, 0.717) is 12.1 Å². The van der Waals surface area contributed by atoms with Crippen LogP contribution in [0.2, 0.25) is 0 Å². The Morgan fingerprint density at radius 3 is 3.11 bits per heavy atom. The Morgan fingerprint density at radius 1 is 1.61 bits per heavy atom. The smallest absolute Gasteiger partial charge is 0.103 e. The molecule has 0 amide bonds. The zero-order valence-electron chi connectivity index (χ0n) is 11.5. The molecule has 1 aromatic rings. The average molecular weight is 251 g/mol. The lowest BCUT2D eigenvalue weighted by molar-refractivity contribution is 0.113. The van der Waals surface area contributed by atoms with E-state index in [4.69, 9.17) is 4.42 Å². The molecule has 3 unspecified atom stereocenters. The summed E-state index contributed by atoms with van der Waals surface area (Å²) in [5.41, 5.74) is 0.0684. The third kappa shape index (κ3) is 3.15. The Kier molecular flexibility index (Phi) is 4.46. The Bertz CT molecular complexity index is 349. The minimum atomic E-state index is 0.0684. The third-order valence-electron chi connectivity index (χ3n) is 4.33. The maximum absolute atomic E-state index is 9.53. The van der Waals surface area contributed by atoms with E-state index < -0.39 is 0 Å². The molecule has 1 aliphatic rings. The van der Waals surface area contributed by atoms with Crippen LogP contribution in [0.25, 0.3) is 0 Å². The number of hydrogen-bond acceptors (Lipinski definition) is 3. The second kappa shape index (κ2) is 5.89. The summed E-state index contributed by atoms with van der Waals surface area (Å²) in [6, 6.07) is 4.88. The van der Waals surface area contributed by atoms with Gasteiger partial charge in [0.25, 0.3) is 0 Å². The first-order valence-electron chi connectivity index (χ1n) is 7.03. The van der Waals surface area contributed by atoms with Crippen LogP contribution in [0.1, 0.15) is 45.3 Å². The van der Waals surface area contributed by atoms with Gasteiger partial charge in [-0.05, 0) is 38.3 Å². The van der Waals surface area contributed by atoms with Gasteiger partial charge in [-0.3, -0.25) is 0 Å². The lowest BCUT2D eigenvalue weighted by Crippen LogP contribution is -2.45. The lowest BCUT2D eigenvalue weighted by atomic mass is 9.85. The zero-order chi connectivity index (χ0) is 13.0. The Hall–Kier alpha value is -0.800. The van der Waals surface area contributed by atoms with E-state index in [1.54, 1.807) is 6.26 Å². The van der Waals surface area contributed by atoms with E-state index in [1.165, 1.54) is 12.8 Å². The lowest BCUT2D eigenvalue weighted by Gasteiger charge is -2.32. The topological polar surface area (TPSA) is 45.4 Å². The van der Waals surface area contributed by atoms with Crippen molar-refractivity contribution in [2.45, 2.75) is 58.0 Å². The molecule has 0 aromatic carbocycles. The van der Waals surface area contributed by atoms with Crippen LogP contribution in [-0.4, -0.2) is 23.8 Å². The van der Waals surface area contributed by atoms with Crippen LogP contribution in [0, 0.1) is 5.41 Å². The van der Waals surface area contributed by atoms with Gasteiger partial charge < -0.3 is 14.8 Å².